The lowest BCUT2D eigenvalue weighted by Crippen LogP contribution is -2.35. The number of pyridine rings is 1. The van der Waals surface area contributed by atoms with Gasteiger partial charge in [-0.15, -0.1) is 10.2 Å². The van der Waals surface area contributed by atoms with Gasteiger partial charge in [0.15, 0.2) is 0 Å². The SMILES string of the molecule is Cc1ncc(-c2ccc(=O)n(C(C)C)c2)nc1-c1nnc(-c2cccc(CNC(C)(C)C)c2)o1. The topological polar surface area (TPSA) is 98.7 Å². The van der Waals surface area contributed by atoms with Crippen molar-refractivity contribution in [3.63, 3.8) is 0 Å². The molecule has 0 fully saturated rings. The molecule has 0 saturated heterocycles. The van der Waals surface area contributed by atoms with E-state index in [-0.39, 0.29) is 17.1 Å². The van der Waals surface area contributed by atoms with E-state index in [2.05, 4.69) is 47.3 Å². The van der Waals surface area contributed by atoms with Crippen LogP contribution in [0.25, 0.3) is 34.3 Å². The third-order valence-corrected chi connectivity index (χ3v) is 5.37. The molecule has 1 N–H and O–H groups in total. The molecule has 0 saturated carbocycles. The molecule has 0 radical (unpaired) electrons. The molecule has 0 spiro atoms. The van der Waals surface area contributed by atoms with Gasteiger partial charge in [-0.25, -0.2) is 4.98 Å². The van der Waals surface area contributed by atoms with E-state index in [1.54, 1.807) is 29.1 Å². The Morgan fingerprint density at radius 3 is 2.56 bits per heavy atom. The summed E-state index contributed by atoms with van der Waals surface area (Å²) in [5, 5.41) is 12.0. The first-order valence-electron chi connectivity index (χ1n) is 11.3. The Bertz CT molecular complexity index is 1360. The van der Waals surface area contributed by atoms with Crippen molar-refractivity contribution in [2.45, 2.75) is 59.7 Å². The second-order valence-corrected chi connectivity index (χ2v) is 9.66. The first kappa shape index (κ1) is 23.5. The number of hydrogen-bond donors (Lipinski definition) is 1. The Morgan fingerprint density at radius 2 is 1.82 bits per heavy atom. The van der Waals surface area contributed by atoms with Gasteiger partial charge in [0.1, 0.15) is 5.69 Å². The van der Waals surface area contributed by atoms with Gasteiger partial charge in [-0.1, -0.05) is 12.1 Å². The van der Waals surface area contributed by atoms with Crippen molar-refractivity contribution in [2.24, 2.45) is 0 Å². The van der Waals surface area contributed by atoms with Crippen LogP contribution in [-0.4, -0.2) is 30.3 Å². The molecule has 0 unspecified atom stereocenters. The fourth-order valence-electron chi connectivity index (χ4n) is 3.47. The molecule has 0 amide bonds. The van der Waals surface area contributed by atoms with Crippen LogP contribution in [0.2, 0.25) is 0 Å². The maximum Gasteiger partial charge on any atom is 0.268 e. The zero-order chi connectivity index (χ0) is 24.5. The Kier molecular flexibility index (Phi) is 6.43. The van der Waals surface area contributed by atoms with Crippen molar-refractivity contribution < 1.29 is 4.42 Å². The largest absolute Gasteiger partial charge is 0.415 e. The number of benzene rings is 1. The fourth-order valence-corrected chi connectivity index (χ4v) is 3.47. The second kappa shape index (κ2) is 9.30. The zero-order valence-electron chi connectivity index (χ0n) is 20.5. The van der Waals surface area contributed by atoms with E-state index < -0.39 is 0 Å². The zero-order valence-corrected chi connectivity index (χ0v) is 20.5. The summed E-state index contributed by atoms with van der Waals surface area (Å²) in [5.41, 5.74) is 4.56. The first-order chi connectivity index (χ1) is 16.1. The van der Waals surface area contributed by atoms with Crippen molar-refractivity contribution >= 4 is 0 Å². The van der Waals surface area contributed by atoms with Gasteiger partial charge in [0.05, 0.1) is 17.6 Å². The Morgan fingerprint density at radius 1 is 1.06 bits per heavy atom. The molecule has 4 rings (SSSR count). The van der Waals surface area contributed by atoms with Crippen molar-refractivity contribution in [3.05, 3.63) is 70.4 Å². The van der Waals surface area contributed by atoms with Gasteiger partial charge in [0, 0.05) is 41.5 Å². The van der Waals surface area contributed by atoms with Crippen LogP contribution in [0.15, 0.2) is 58.0 Å². The molecule has 0 aliphatic heterocycles. The van der Waals surface area contributed by atoms with Gasteiger partial charge in [0.25, 0.3) is 11.4 Å². The van der Waals surface area contributed by atoms with E-state index in [1.165, 1.54) is 0 Å². The van der Waals surface area contributed by atoms with Gasteiger partial charge in [-0.3, -0.25) is 9.78 Å². The molecule has 0 atom stereocenters. The number of aromatic nitrogens is 5. The van der Waals surface area contributed by atoms with Gasteiger partial charge in [-0.05, 0) is 65.3 Å². The van der Waals surface area contributed by atoms with Crippen molar-refractivity contribution in [3.8, 4) is 34.3 Å². The average Bonchev–Trinajstić information content (AvgIpc) is 3.28. The molecule has 3 heterocycles. The molecule has 8 nitrogen and oxygen atoms in total. The van der Waals surface area contributed by atoms with Gasteiger partial charge in [-0.2, -0.15) is 0 Å². The van der Waals surface area contributed by atoms with E-state index >= 15 is 0 Å². The first-order valence-corrected chi connectivity index (χ1v) is 11.3. The Labute approximate surface area is 199 Å². The molecular weight excluding hydrogens is 428 g/mol. The van der Waals surface area contributed by atoms with Crippen molar-refractivity contribution in [2.75, 3.05) is 0 Å². The second-order valence-electron chi connectivity index (χ2n) is 9.66. The van der Waals surface area contributed by atoms with E-state index in [1.807, 2.05) is 39.0 Å². The van der Waals surface area contributed by atoms with Gasteiger partial charge in [0.2, 0.25) is 5.89 Å². The number of aryl methyl sites for hydroxylation is 1. The summed E-state index contributed by atoms with van der Waals surface area (Å²) in [5.74, 6) is 0.727. The number of nitrogens with one attached hydrogen (secondary N) is 1. The van der Waals surface area contributed by atoms with Crippen LogP contribution in [0.5, 0.6) is 0 Å². The molecule has 0 bridgehead atoms. The summed E-state index contributed by atoms with van der Waals surface area (Å²) < 4.78 is 7.68. The smallest absolute Gasteiger partial charge is 0.268 e. The molecule has 8 heteroatoms. The highest BCUT2D eigenvalue weighted by atomic mass is 16.4. The molecule has 0 aliphatic rings. The van der Waals surface area contributed by atoms with Crippen molar-refractivity contribution in [1.29, 1.82) is 0 Å². The summed E-state index contributed by atoms with van der Waals surface area (Å²) in [6, 6.07) is 11.4. The van der Waals surface area contributed by atoms with Crippen LogP contribution in [-0.2, 0) is 6.54 Å². The van der Waals surface area contributed by atoms with E-state index in [9.17, 15) is 4.79 Å². The van der Waals surface area contributed by atoms with Crippen LogP contribution >= 0.6 is 0 Å². The molecule has 176 valence electrons. The summed E-state index contributed by atoms with van der Waals surface area (Å²) in [7, 11) is 0. The normalized spacial score (nSPS) is 11.9. The Balaban J connectivity index is 1.65. The molecule has 1 aromatic carbocycles. The minimum absolute atomic E-state index is 0.0251. The summed E-state index contributed by atoms with van der Waals surface area (Å²) >= 11 is 0. The maximum atomic E-state index is 12.1. The lowest BCUT2D eigenvalue weighted by atomic mass is 10.1. The predicted octanol–water partition coefficient (Wildman–Crippen LogP) is 4.80. The van der Waals surface area contributed by atoms with Crippen LogP contribution < -0.4 is 10.9 Å². The highest BCUT2D eigenvalue weighted by molar-refractivity contribution is 5.63. The predicted molar refractivity (Wildman–Crippen MR) is 132 cm³/mol. The lowest BCUT2D eigenvalue weighted by molar-refractivity contribution is 0.424. The minimum atomic E-state index is -0.0551. The van der Waals surface area contributed by atoms with Crippen LogP contribution in [0, 0.1) is 6.92 Å². The maximum absolute atomic E-state index is 12.1. The van der Waals surface area contributed by atoms with E-state index in [0.717, 1.165) is 23.2 Å². The molecule has 34 heavy (non-hydrogen) atoms. The van der Waals surface area contributed by atoms with Crippen LogP contribution in [0.1, 0.15) is 51.9 Å². The summed E-state index contributed by atoms with van der Waals surface area (Å²) in [6.45, 7) is 12.9. The van der Waals surface area contributed by atoms with E-state index in [4.69, 9.17) is 9.40 Å². The summed E-state index contributed by atoms with van der Waals surface area (Å²) in [6.07, 6.45) is 3.48. The van der Waals surface area contributed by atoms with Crippen molar-refractivity contribution in [1.82, 2.24) is 30.0 Å². The van der Waals surface area contributed by atoms with E-state index in [0.29, 0.717) is 28.9 Å². The highest BCUT2D eigenvalue weighted by Crippen LogP contribution is 2.27. The number of hydrogen-bond acceptors (Lipinski definition) is 7. The number of rotatable bonds is 6. The quantitative estimate of drug-likeness (QED) is 0.443. The molecule has 4 aromatic rings. The molecule has 0 aliphatic carbocycles. The third-order valence-electron chi connectivity index (χ3n) is 5.37. The lowest BCUT2D eigenvalue weighted by Gasteiger charge is -2.20. The minimum Gasteiger partial charge on any atom is -0.415 e. The highest BCUT2D eigenvalue weighted by Gasteiger charge is 2.17. The Hall–Kier alpha value is -3.65. The number of nitrogens with zero attached hydrogens (tertiary/aromatic N) is 5. The fraction of sp³-hybridized carbons (Fsp3) is 0.346. The van der Waals surface area contributed by atoms with Gasteiger partial charge >= 0.3 is 0 Å². The average molecular weight is 459 g/mol. The standard InChI is InChI=1S/C26H30N6O2/c1-16(2)32-15-20(10-11-22(32)33)21-14-27-17(3)23(29-21)25-31-30-24(34-25)19-9-7-8-18(12-19)13-28-26(4,5)6/h7-12,14-16,28H,13H2,1-6H3. The monoisotopic (exact) mass is 458 g/mol. The third kappa shape index (κ3) is 5.28. The summed E-state index contributed by atoms with van der Waals surface area (Å²) in [4.78, 5) is 21.4. The molecular formula is C26H30N6O2. The molecule has 3 aromatic heterocycles. The van der Waals surface area contributed by atoms with Crippen LogP contribution in [0.4, 0.5) is 0 Å². The van der Waals surface area contributed by atoms with Gasteiger partial charge < -0.3 is 14.3 Å². The van der Waals surface area contributed by atoms with Crippen LogP contribution in [0.3, 0.4) is 0 Å².